The van der Waals surface area contributed by atoms with Crippen molar-refractivity contribution in [2.45, 2.75) is 62.4 Å². The standard InChI is InChI=1S/C23H31FN2O3S/c1-3-19(7-5-15-25-30(27,28)21-13-10-18(24)11-14-21)26-20-12-9-17-6-4-8-23(29-2)22(17)16-20/h4,6,8,10-11,13-14,19-20,25-26H,3,5,7,9,12,15-16H2,1-2H3. The van der Waals surface area contributed by atoms with Crippen LogP contribution >= 0.6 is 0 Å². The summed E-state index contributed by atoms with van der Waals surface area (Å²) >= 11 is 0. The molecule has 1 aliphatic rings. The van der Waals surface area contributed by atoms with Crippen molar-refractivity contribution in [3.05, 3.63) is 59.4 Å². The highest BCUT2D eigenvalue weighted by molar-refractivity contribution is 7.89. The van der Waals surface area contributed by atoms with Gasteiger partial charge in [-0.15, -0.1) is 0 Å². The van der Waals surface area contributed by atoms with Crippen LogP contribution in [0.15, 0.2) is 47.4 Å². The molecule has 5 nitrogen and oxygen atoms in total. The highest BCUT2D eigenvalue weighted by Gasteiger charge is 2.23. The molecule has 3 rings (SSSR count). The van der Waals surface area contributed by atoms with E-state index in [9.17, 15) is 12.8 Å². The van der Waals surface area contributed by atoms with E-state index >= 15 is 0 Å². The van der Waals surface area contributed by atoms with Gasteiger partial charge < -0.3 is 10.1 Å². The number of rotatable bonds is 10. The Morgan fingerprint density at radius 1 is 1.20 bits per heavy atom. The molecule has 0 aromatic heterocycles. The monoisotopic (exact) mass is 434 g/mol. The summed E-state index contributed by atoms with van der Waals surface area (Å²) in [5, 5.41) is 3.76. The van der Waals surface area contributed by atoms with Gasteiger partial charge in [-0.3, -0.25) is 0 Å². The molecule has 2 aromatic rings. The number of halogens is 1. The maximum Gasteiger partial charge on any atom is 0.240 e. The van der Waals surface area contributed by atoms with Crippen molar-refractivity contribution in [1.29, 1.82) is 0 Å². The lowest BCUT2D eigenvalue weighted by molar-refractivity contribution is 0.355. The lowest BCUT2D eigenvalue weighted by Gasteiger charge is -2.30. The normalized spacial score (nSPS) is 17.4. The zero-order valence-electron chi connectivity index (χ0n) is 17.7. The summed E-state index contributed by atoms with van der Waals surface area (Å²) in [7, 11) is -1.88. The molecule has 0 fully saturated rings. The van der Waals surface area contributed by atoms with Crippen LogP contribution in [0.5, 0.6) is 5.75 Å². The fourth-order valence-corrected chi connectivity index (χ4v) is 5.15. The highest BCUT2D eigenvalue weighted by atomic mass is 32.2. The molecule has 30 heavy (non-hydrogen) atoms. The van der Waals surface area contributed by atoms with Gasteiger partial charge in [-0.25, -0.2) is 17.5 Å². The number of hydrogen-bond donors (Lipinski definition) is 2. The SMILES string of the molecule is CCC(CCCNS(=O)(=O)c1ccc(F)cc1)NC1CCc2cccc(OC)c2C1. The van der Waals surface area contributed by atoms with Crippen molar-refractivity contribution in [2.75, 3.05) is 13.7 Å². The van der Waals surface area contributed by atoms with Gasteiger partial charge in [0, 0.05) is 18.6 Å². The van der Waals surface area contributed by atoms with Gasteiger partial charge >= 0.3 is 0 Å². The minimum atomic E-state index is -3.60. The number of benzene rings is 2. The molecule has 0 amide bonds. The zero-order chi connectivity index (χ0) is 21.6. The first-order valence-corrected chi connectivity index (χ1v) is 12.1. The van der Waals surface area contributed by atoms with Crippen molar-refractivity contribution in [1.82, 2.24) is 10.0 Å². The van der Waals surface area contributed by atoms with Crippen LogP contribution in [0.3, 0.4) is 0 Å². The van der Waals surface area contributed by atoms with E-state index in [-0.39, 0.29) is 4.90 Å². The van der Waals surface area contributed by atoms with Crippen LogP contribution in [0.2, 0.25) is 0 Å². The van der Waals surface area contributed by atoms with E-state index in [1.54, 1.807) is 7.11 Å². The first-order valence-electron chi connectivity index (χ1n) is 10.6. The molecule has 1 aliphatic carbocycles. The fourth-order valence-electron chi connectivity index (χ4n) is 4.08. The Balaban J connectivity index is 1.47. The maximum absolute atomic E-state index is 13.0. The van der Waals surface area contributed by atoms with Crippen molar-refractivity contribution >= 4 is 10.0 Å². The Morgan fingerprint density at radius 2 is 1.97 bits per heavy atom. The molecular formula is C23H31FN2O3S. The second-order valence-electron chi connectivity index (χ2n) is 7.80. The molecule has 2 atom stereocenters. The predicted octanol–water partition coefficient (Wildman–Crippen LogP) is 3.82. The molecule has 0 spiro atoms. The number of hydrogen-bond acceptors (Lipinski definition) is 4. The van der Waals surface area contributed by atoms with Gasteiger partial charge in [-0.2, -0.15) is 0 Å². The molecule has 0 saturated carbocycles. The van der Waals surface area contributed by atoms with E-state index in [4.69, 9.17) is 4.74 Å². The first-order chi connectivity index (χ1) is 14.4. The van der Waals surface area contributed by atoms with Gasteiger partial charge in [0.15, 0.2) is 0 Å². The zero-order valence-corrected chi connectivity index (χ0v) is 18.5. The topological polar surface area (TPSA) is 67.4 Å². The minimum absolute atomic E-state index is 0.0869. The third kappa shape index (κ3) is 5.80. The Bertz CT molecular complexity index is 918. The van der Waals surface area contributed by atoms with Crippen LogP contribution in [0.25, 0.3) is 0 Å². The van der Waals surface area contributed by atoms with Crippen LogP contribution in [-0.4, -0.2) is 34.2 Å². The second kappa shape index (κ2) is 10.4. The Morgan fingerprint density at radius 3 is 2.67 bits per heavy atom. The van der Waals surface area contributed by atoms with E-state index in [0.717, 1.165) is 56.4 Å². The van der Waals surface area contributed by atoms with Crippen LogP contribution in [0.1, 0.15) is 43.7 Å². The number of methoxy groups -OCH3 is 1. The van der Waals surface area contributed by atoms with Gasteiger partial charge in [-0.1, -0.05) is 19.1 Å². The summed E-state index contributed by atoms with van der Waals surface area (Å²) in [5.74, 6) is 0.510. The molecule has 164 valence electrons. The summed E-state index contributed by atoms with van der Waals surface area (Å²) < 4.78 is 45.7. The second-order valence-corrected chi connectivity index (χ2v) is 9.57. The summed E-state index contributed by atoms with van der Waals surface area (Å²) in [5.41, 5.74) is 2.67. The number of fused-ring (bicyclic) bond motifs is 1. The molecule has 0 saturated heterocycles. The van der Waals surface area contributed by atoms with Crippen LogP contribution in [0, 0.1) is 5.82 Å². The Hall–Kier alpha value is -1.96. The molecule has 7 heteroatoms. The molecule has 0 bridgehead atoms. The van der Waals surface area contributed by atoms with Crippen LogP contribution < -0.4 is 14.8 Å². The van der Waals surface area contributed by atoms with Crippen LogP contribution in [-0.2, 0) is 22.9 Å². The molecule has 2 N–H and O–H groups in total. The maximum atomic E-state index is 13.0. The molecule has 2 aromatic carbocycles. The summed E-state index contributed by atoms with van der Waals surface area (Å²) in [6.45, 7) is 2.51. The molecule has 0 aliphatic heterocycles. The van der Waals surface area contributed by atoms with E-state index in [1.165, 1.54) is 23.3 Å². The molecule has 0 heterocycles. The average Bonchev–Trinajstić information content (AvgIpc) is 2.75. The van der Waals surface area contributed by atoms with Crippen molar-refractivity contribution in [3.8, 4) is 5.75 Å². The summed E-state index contributed by atoms with van der Waals surface area (Å²) in [4.78, 5) is 0.0869. The summed E-state index contributed by atoms with van der Waals surface area (Å²) in [6.07, 6.45) is 5.69. The summed E-state index contributed by atoms with van der Waals surface area (Å²) in [6, 6.07) is 11.9. The van der Waals surface area contributed by atoms with E-state index in [2.05, 4.69) is 23.0 Å². The minimum Gasteiger partial charge on any atom is -0.496 e. The Labute approximate surface area is 179 Å². The largest absolute Gasteiger partial charge is 0.496 e. The third-order valence-electron chi connectivity index (χ3n) is 5.77. The molecule has 2 unspecified atom stereocenters. The molecular weight excluding hydrogens is 403 g/mol. The van der Waals surface area contributed by atoms with Gasteiger partial charge in [-0.05, 0) is 80.0 Å². The highest BCUT2D eigenvalue weighted by Crippen LogP contribution is 2.30. The number of sulfonamides is 1. The predicted molar refractivity (Wildman–Crippen MR) is 117 cm³/mol. The van der Waals surface area contributed by atoms with Crippen molar-refractivity contribution in [3.63, 3.8) is 0 Å². The lowest BCUT2D eigenvalue weighted by Crippen LogP contribution is -2.41. The van der Waals surface area contributed by atoms with Crippen LogP contribution in [0.4, 0.5) is 4.39 Å². The van der Waals surface area contributed by atoms with Gasteiger partial charge in [0.25, 0.3) is 0 Å². The quantitative estimate of drug-likeness (QED) is 0.558. The van der Waals surface area contributed by atoms with Gasteiger partial charge in [0.05, 0.1) is 12.0 Å². The number of ether oxygens (including phenoxy) is 1. The van der Waals surface area contributed by atoms with E-state index in [0.29, 0.717) is 18.6 Å². The van der Waals surface area contributed by atoms with Gasteiger partial charge in [0.2, 0.25) is 10.0 Å². The fraction of sp³-hybridized carbons (Fsp3) is 0.478. The van der Waals surface area contributed by atoms with E-state index in [1.807, 2.05) is 12.1 Å². The van der Waals surface area contributed by atoms with Gasteiger partial charge in [0.1, 0.15) is 11.6 Å². The Kier molecular flexibility index (Phi) is 7.86. The lowest BCUT2D eigenvalue weighted by atomic mass is 9.87. The first kappa shape index (κ1) is 22.7. The van der Waals surface area contributed by atoms with E-state index < -0.39 is 15.8 Å². The smallest absolute Gasteiger partial charge is 0.240 e. The average molecular weight is 435 g/mol. The van der Waals surface area contributed by atoms with Crippen molar-refractivity contribution in [2.24, 2.45) is 0 Å². The molecule has 0 radical (unpaired) electrons. The number of aryl methyl sites for hydroxylation is 1. The van der Waals surface area contributed by atoms with Crippen molar-refractivity contribution < 1.29 is 17.5 Å². The number of nitrogens with one attached hydrogen (secondary N) is 2. The third-order valence-corrected chi connectivity index (χ3v) is 7.25.